The highest BCUT2D eigenvalue weighted by atomic mass is 32.2. The Labute approximate surface area is 124 Å². The summed E-state index contributed by atoms with van der Waals surface area (Å²) in [5.74, 6) is 0.0574. The van der Waals surface area contributed by atoms with Crippen LogP contribution in [0.2, 0.25) is 0 Å². The van der Waals surface area contributed by atoms with Crippen LogP contribution >= 0.6 is 11.8 Å². The summed E-state index contributed by atoms with van der Waals surface area (Å²) in [6.45, 7) is 9.59. The number of amidine groups is 1. The van der Waals surface area contributed by atoms with E-state index in [-0.39, 0.29) is 5.91 Å². The maximum atomic E-state index is 12.3. The minimum Gasteiger partial charge on any atom is -0.351 e. The van der Waals surface area contributed by atoms with Crippen LogP contribution in [-0.2, 0) is 4.79 Å². The maximum Gasteiger partial charge on any atom is 0.266 e. The Balaban J connectivity index is 2.26. The van der Waals surface area contributed by atoms with E-state index in [0.717, 1.165) is 15.6 Å². The molecule has 1 saturated heterocycles. The molecule has 108 valence electrons. The molecule has 0 bridgehead atoms. The minimum absolute atomic E-state index is 0.0574. The second kappa shape index (κ2) is 6.31. The van der Waals surface area contributed by atoms with E-state index >= 15 is 0 Å². The number of likely N-dealkylation sites (N-methyl/N-ethyl adjacent to an activating group) is 1. The van der Waals surface area contributed by atoms with Crippen LogP contribution in [0.25, 0.3) is 6.08 Å². The predicted octanol–water partition coefficient (Wildman–Crippen LogP) is 3.38. The Kier molecular flexibility index (Phi) is 4.70. The summed E-state index contributed by atoms with van der Waals surface area (Å²) in [5, 5.41) is 0.814. The zero-order valence-corrected chi connectivity index (χ0v) is 13.3. The van der Waals surface area contributed by atoms with Crippen molar-refractivity contribution in [3.63, 3.8) is 0 Å². The Bertz CT molecular complexity index is 557. The van der Waals surface area contributed by atoms with Gasteiger partial charge in [-0.05, 0) is 57.2 Å². The molecule has 0 spiro atoms. The monoisotopic (exact) mass is 291 g/mol. The zero-order chi connectivity index (χ0) is 14.7. The third kappa shape index (κ3) is 2.98. The van der Waals surface area contributed by atoms with Crippen molar-refractivity contribution < 1.29 is 4.79 Å². The lowest BCUT2D eigenvalue weighted by Crippen LogP contribution is -2.28. The van der Waals surface area contributed by atoms with Crippen molar-refractivity contribution >= 4 is 28.9 Å². The summed E-state index contributed by atoms with van der Waals surface area (Å²) in [5.41, 5.74) is 1.06. The predicted molar refractivity (Wildman–Crippen MR) is 85.7 cm³/mol. The topological polar surface area (TPSA) is 37.6 Å². The van der Waals surface area contributed by atoms with Gasteiger partial charge in [0.2, 0.25) is 0 Å². The quantitative estimate of drug-likeness (QED) is 0.798. The molecule has 1 aliphatic rings. The molecule has 1 aliphatic heterocycles. The lowest BCUT2D eigenvalue weighted by atomic mass is 10.3. The van der Waals surface area contributed by atoms with Gasteiger partial charge in [-0.15, -0.1) is 0 Å². The number of aliphatic imine (C=N–C) groups is 1. The molecule has 1 amide bonds. The van der Waals surface area contributed by atoms with Gasteiger partial charge in [0, 0.05) is 31.5 Å². The summed E-state index contributed by atoms with van der Waals surface area (Å²) >= 11 is 1.47. The van der Waals surface area contributed by atoms with Crippen molar-refractivity contribution in [2.45, 2.75) is 33.7 Å². The fraction of sp³-hybridized carbons (Fsp3) is 0.467. The zero-order valence-electron chi connectivity index (χ0n) is 12.5. The highest BCUT2D eigenvalue weighted by molar-refractivity contribution is 8.18. The van der Waals surface area contributed by atoms with Crippen molar-refractivity contribution in [1.29, 1.82) is 0 Å². The van der Waals surface area contributed by atoms with Crippen molar-refractivity contribution in [2.24, 2.45) is 4.99 Å². The fourth-order valence-corrected chi connectivity index (χ4v) is 3.13. The van der Waals surface area contributed by atoms with Crippen LogP contribution in [0, 0.1) is 0 Å². The van der Waals surface area contributed by atoms with Gasteiger partial charge in [-0.25, -0.2) is 0 Å². The number of hydrogen-bond acceptors (Lipinski definition) is 3. The second-order valence-electron chi connectivity index (χ2n) is 4.90. The van der Waals surface area contributed by atoms with E-state index < -0.39 is 0 Å². The van der Waals surface area contributed by atoms with Gasteiger partial charge in [-0.3, -0.25) is 14.7 Å². The third-order valence-corrected chi connectivity index (χ3v) is 4.17. The van der Waals surface area contributed by atoms with Gasteiger partial charge in [0.05, 0.1) is 4.91 Å². The first kappa shape index (κ1) is 14.9. The maximum absolute atomic E-state index is 12.3. The first-order chi connectivity index (χ1) is 9.56. The standard InChI is InChI=1S/C15H21N3OS/c1-5-16-15-18(6-2)14(19)13(20-15)9-12-7-8-17(10-12)11(3)4/h7-11H,5-6H2,1-4H3/b13-9+,16-15?. The number of amides is 1. The van der Waals surface area contributed by atoms with Crippen molar-refractivity contribution in [3.05, 3.63) is 28.9 Å². The van der Waals surface area contributed by atoms with Gasteiger partial charge in [0.1, 0.15) is 0 Å². The molecule has 0 saturated carbocycles. The molecule has 5 heteroatoms. The molecular weight excluding hydrogens is 270 g/mol. The molecule has 0 aliphatic carbocycles. The van der Waals surface area contributed by atoms with Crippen LogP contribution in [0.15, 0.2) is 28.4 Å². The van der Waals surface area contributed by atoms with Gasteiger partial charge in [-0.1, -0.05) is 0 Å². The number of carbonyl (C=O) groups is 1. The number of aromatic nitrogens is 1. The van der Waals surface area contributed by atoms with Crippen molar-refractivity contribution in [3.8, 4) is 0 Å². The molecule has 1 aromatic heterocycles. The van der Waals surface area contributed by atoms with Crippen LogP contribution in [0.3, 0.4) is 0 Å². The van der Waals surface area contributed by atoms with Crippen LogP contribution < -0.4 is 0 Å². The largest absolute Gasteiger partial charge is 0.351 e. The number of nitrogens with zero attached hydrogens (tertiary/aromatic N) is 3. The third-order valence-electron chi connectivity index (χ3n) is 3.13. The Hall–Kier alpha value is -1.49. The van der Waals surface area contributed by atoms with E-state index in [1.54, 1.807) is 4.90 Å². The lowest BCUT2D eigenvalue weighted by molar-refractivity contribution is -0.122. The Morgan fingerprint density at radius 1 is 1.40 bits per heavy atom. The molecule has 2 heterocycles. The van der Waals surface area contributed by atoms with E-state index in [1.165, 1.54) is 11.8 Å². The lowest BCUT2D eigenvalue weighted by Gasteiger charge is -2.11. The average molecular weight is 291 g/mol. The number of hydrogen-bond donors (Lipinski definition) is 0. The summed E-state index contributed by atoms with van der Waals surface area (Å²) in [6.07, 6.45) is 6.06. The molecule has 1 fully saturated rings. The molecule has 0 N–H and O–H groups in total. The van der Waals surface area contributed by atoms with E-state index in [4.69, 9.17) is 0 Å². The number of carbonyl (C=O) groups excluding carboxylic acids is 1. The van der Waals surface area contributed by atoms with E-state index in [2.05, 4.69) is 29.6 Å². The van der Waals surface area contributed by atoms with E-state index in [0.29, 0.717) is 19.1 Å². The number of rotatable bonds is 4. The van der Waals surface area contributed by atoms with Gasteiger partial charge in [0.15, 0.2) is 5.17 Å². The molecule has 0 radical (unpaired) electrons. The summed E-state index contributed by atoms with van der Waals surface area (Å²) in [4.78, 5) is 19.2. The molecule has 0 atom stereocenters. The molecule has 0 unspecified atom stereocenters. The number of thioether (sulfide) groups is 1. The van der Waals surface area contributed by atoms with Crippen LogP contribution in [-0.4, -0.2) is 33.6 Å². The first-order valence-electron chi connectivity index (χ1n) is 7.00. The fourth-order valence-electron chi connectivity index (χ4n) is 2.03. The van der Waals surface area contributed by atoms with Crippen molar-refractivity contribution in [1.82, 2.24) is 9.47 Å². The van der Waals surface area contributed by atoms with Gasteiger partial charge >= 0.3 is 0 Å². The van der Waals surface area contributed by atoms with Crippen LogP contribution in [0.4, 0.5) is 0 Å². The SMILES string of the molecule is CCN=C1S/C(=C/c2ccn(C(C)C)c2)C(=O)N1CC. The molecule has 20 heavy (non-hydrogen) atoms. The average Bonchev–Trinajstić information content (AvgIpc) is 2.97. The van der Waals surface area contributed by atoms with Crippen LogP contribution in [0.5, 0.6) is 0 Å². The molecule has 4 nitrogen and oxygen atoms in total. The van der Waals surface area contributed by atoms with Gasteiger partial charge in [-0.2, -0.15) is 0 Å². The molecule has 2 rings (SSSR count). The molecular formula is C15H21N3OS. The summed E-state index contributed by atoms with van der Waals surface area (Å²) in [7, 11) is 0. The normalized spacial score (nSPS) is 19.9. The van der Waals surface area contributed by atoms with E-state index in [9.17, 15) is 4.79 Å². The first-order valence-corrected chi connectivity index (χ1v) is 7.81. The highest BCUT2D eigenvalue weighted by Gasteiger charge is 2.31. The Morgan fingerprint density at radius 2 is 2.15 bits per heavy atom. The Morgan fingerprint density at radius 3 is 2.70 bits per heavy atom. The molecule has 0 aromatic carbocycles. The van der Waals surface area contributed by atoms with Crippen LogP contribution in [0.1, 0.15) is 39.3 Å². The highest BCUT2D eigenvalue weighted by Crippen LogP contribution is 2.32. The minimum atomic E-state index is 0.0574. The van der Waals surface area contributed by atoms with Gasteiger partial charge < -0.3 is 4.57 Å². The summed E-state index contributed by atoms with van der Waals surface area (Å²) in [6, 6.07) is 2.46. The summed E-state index contributed by atoms with van der Waals surface area (Å²) < 4.78 is 2.13. The van der Waals surface area contributed by atoms with E-state index in [1.807, 2.05) is 32.2 Å². The van der Waals surface area contributed by atoms with Crippen molar-refractivity contribution in [2.75, 3.05) is 13.1 Å². The van der Waals surface area contributed by atoms with Gasteiger partial charge in [0.25, 0.3) is 5.91 Å². The smallest absolute Gasteiger partial charge is 0.266 e. The molecule has 1 aromatic rings. The second-order valence-corrected chi connectivity index (χ2v) is 5.91.